The molecule has 6 unspecified atom stereocenters. The molecule has 2 N–H and O–H groups in total. The zero-order valence-corrected chi connectivity index (χ0v) is 23.5. The number of Topliss-reactive ketones (excluding diaryl/α,β-unsaturated/α-hetero) is 2. The van der Waals surface area contributed by atoms with Crippen LogP contribution in [0.25, 0.3) is 0 Å². The summed E-state index contributed by atoms with van der Waals surface area (Å²) in [6.07, 6.45) is 6.28. The molecule has 34 heavy (non-hydrogen) atoms. The molecule has 6 heteroatoms. The molecule has 0 heterocycles. The number of aliphatic hydroxyl groups is 2. The number of hydrogen-bond acceptors (Lipinski definition) is 6. The lowest BCUT2D eigenvalue weighted by atomic mass is 9.43. The highest BCUT2D eigenvalue weighted by Crippen LogP contribution is 2.72. The van der Waals surface area contributed by atoms with Gasteiger partial charge in [-0.25, -0.2) is 0 Å². The molecule has 0 bridgehead atoms. The van der Waals surface area contributed by atoms with E-state index in [2.05, 4.69) is 26.8 Å². The maximum atomic E-state index is 13.9. The highest BCUT2D eigenvalue weighted by atomic mass is 32.1. The van der Waals surface area contributed by atoms with Gasteiger partial charge in [0.25, 0.3) is 0 Å². The Kier molecular flexibility index (Phi) is 6.58. The largest absolute Gasteiger partial charge is 0.393 e. The third-order valence-electron chi connectivity index (χ3n) is 10.7. The Hall–Kier alpha value is -0.300. The van der Waals surface area contributed by atoms with Gasteiger partial charge in [0.2, 0.25) is 0 Å². The summed E-state index contributed by atoms with van der Waals surface area (Å²) in [4.78, 5) is 26.7. The van der Waals surface area contributed by atoms with Gasteiger partial charge in [0, 0.05) is 39.6 Å². The number of allylic oxidation sites excluding steroid dienone is 2. The van der Waals surface area contributed by atoms with E-state index in [1.165, 1.54) is 5.57 Å². The molecular formula is C28H44O4S2. The number of fused-ring (bicyclic) bond motifs is 5. The Morgan fingerprint density at radius 3 is 2.44 bits per heavy atom. The molecule has 0 aromatic carbocycles. The maximum Gasteiger partial charge on any atom is 0.138 e. The predicted octanol–water partition coefficient (Wildman–Crippen LogP) is 5.21. The number of aliphatic hydroxyl groups excluding tert-OH is 1. The topological polar surface area (TPSA) is 74.6 Å². The van der Waals surface area contributed by atoms with E-state index in [-0.39, 0.29) is 35.2 Å². The van der Waals surface area contributed by atoms with Gasteiger partial charge in [-0.05, 0) is 76.5 Å². The third-order valence-corrected chi connectivity index (χ3v) is 12.5. The second kappa shape index (κ2) is 8.36. The summed E-state index contributed by atoms with van der Waals surface area (Å²) in [7, 11) is 0. The smallest absolute Gasteiger partial charge is 0.138 e. The van der Waals surface area contributed by atoms with Crippen LogP contribution in [-0.2, 0) is 9.59 Å². The van der Waals surface area contributed by atoms with Crippen LogP contribution >= 0.6 is 25.3 Å². The SMILES string of the molecule is CC(C)=CCCC(C)(O)C1CC[C@]2(C)C1C(=O)C[C@@H]1C3(S)CCC(=O)C(C)(C)C3[C@@H](O)CC12S. The van der Waals surface area contributed by atoms with Crippen molar-refractivity contribution in [3.05, 3.63) is 11.6 Å². The average Bonchev–Trinajstić information content (AvgIpc) is 3.07. The van der Waals surface area contributed by atoms with Gasteiger partial charge in [-0.2, -0.15) is 25.3 Å². The van der Waals surface area contributed by atoms with E-state index in [9.17, 15) is 19.8 Å². The van der Waals surface area contributed by atoms with Crippen LogP contribution in [0.15, 0.2) is 11.6 Å². The first-order valence-corrected chi connectivity index (χ1v) is 14.0. The predicted molar refractivity (Wildman–Crippen MR) is 142 cm³/mol. The number of rotatable bonds is 4. The van der Waals surface area contributed by atoms with Crippen LogP contribution in [0.5, 0.6) is 0 Å². The Labute approximate surface area is 216 Å². The van der Waals surface area contributed by atoms with Crippen molar-refractivity contribution in [3.63, 3.8) is 0 Å². The van der Waals surface area contributed by atoms with Gasteiger partial charge in [-0.3, -0.25) is 9.59 Å². The van der Waals surface area contributed by atoms with Crippen LogP contribution < -0.4 is 0 Å². The number of carbonyl (C=O) groups excluding carboxylic acids is 2. The van der Waals surface area contributed by atoms with Gasteiger partial charge >= 0.3 is 0 Å². The van der Waals surface area contributed by atoms with Crippen LogP contribution in [0.1, 0.15) is 92.9 Å². The van der Waals surface area contributed by atoms with E-state index >= 15 is 0 Å². The van der Waals surface area contributed by atoms with Crippen molar-refractivity contribution in [2.75, 3.05) is 0 Å². The van der Waals surface area contributed by atoms with Crippen molar-refractivity contribution >= 4 is 36.8 Å². The number of ketones is 2. The van der Waals surface area contributed by atoms with Crippen molar-refractivity contribution in [1.29, 1.82) is 0 Å². The monoisotopic (exact) mass is 508 g/mol. The second-order valence-electron chi connectivity index (χ2n) is 13.3. The fraction of sp³-hybridized carbons (Fsp3) is 0.857. The first-order valence-electron chi connectivity index (χ1n) is 13.1. The molecule has 4 rings (SSSR count). The van der Waals surface area contributed by atoms with Crippen molar-refractivity contribution < 1.29 is 19.8 Å². The molecule has 0 aromatic rings. The summed E-state index contributed by atoms with van der Waals surface area (Å²) in [5.41, 5.74) is -0.817. The lowest BCUT2D eigenvalue weighted by molar-refractivity contribution is -0.163. The maximum absolute atomic E-state index is 13.9. The molecule has 0 saturated heterocycles. The molecule has 9 atom stereocenters. The lowest BCUT2D eigenvalue weighted by Crippen LogP contribution is -2.72. The van der Waals surface area contributed by atoms with Gasteiger partial charge < -0.3 is 10.2 Å². The molecule has 0 aliphatic heterocycles. The second-order valence-corrected chi connectivity index (χ2v) is 14.9. The first kappa shape index (κ1) is 26.8. The number of thiol groups is 2. The van der Waals surface area contributed by atoms with E-state index in [0.29, 0.717) is 32.1 Å². The lowest BCUT2D eigenvalue weighted by Gasteiger charge is -2.68. The van der Waals surface area contributed by atoms with Gasteiger partial charge in [0.15, 0.2) is 0 Å². The van der Waals surface area contributed by atoms with Crippen LogP contribution in [-0.4, -0.2) is 43.0 Å². The van der Waals surface area contributed by atoms with Gasteiger partial charge in [0.1, 0.15) is 11.6 Å². The molecular weight excluding hydrogens is 464 g/mol. The minimum atomic E-state index is -0.936. The van der Waals surface area contributed by atoms with E-state index in [1.54, 1.807) is 0 Å². The molecule has 0 spiro atoms. The highest BCUT2D eigenvalue weighted by molar-refractivity contribution is 7.83. The van der Waals surface area contributed by atoms with Gasteiger partial charge in [0.05, 0.1) is 11.7 Å². The Bertz CT molecular complexity index is 906. The van der Waals surface area contributed by atoms with Gasteiger partial charge in [-0.1, -0.05) is 32.4 Å². The molecule has 0 amide bonds. The molecule has 192 valence electrons. The highest BCUT2D eigenvalue weighted by Gasteiger charge is 2.74. The minimum absolute atomic E-state index is 0.115. The van der Waals surface area contributed by atoms with Crippen LogP contribution in [0.4, 0.5) is 0 Å². The van der Waals surface area contributed by atoms with E-state index in [0.717, 1.165) is 19.3 Å². The van der Waals surface area contributed by atoms with Crippen LogP contribution in [0.2, 0.25) is 0 Å². The van der Waals surface area contributed by atoms with E-state index < -0.39 is 32.0 Å². The van der Waals surface area contributed by atoms with Crippen LogP contribution in [0.3, 0.4) is 0 Å². The molecule has 0 aromatic heterocycles. The quantitative estimate of drug-likeness (QED) is 0.311. The molecule has 4 aliphatic rings. The summed E-state index contributed by atoms with van der Waals surface area (Å²) in [6, 6.07) is 0. The summed E-state index contributed by atoms with van der Waals surface area (Å²) < 4.78 is -1.20. The summed E-state index contributed by atoms with van der Waals surface area (Å²) >= 11 is 10.6. The van der Waals surface area contributed by atoms with E-state index in [4.69, 9.17) is 25.3 Å². The number of carbonyl (C=O) groups is 2. The zero-order chi connectivity index (χ0) is 25.5. The Balaban J connectivity index is 1.72. The Morgan fingerprint density at radius 2 is 1.82 bits per heavy atom. The fourth-order valence-corrected chi connectivity index (χ4v) is 10.7. The zero-order valence-electron chi connectivity index (χ0n) is 21.7. The standard InChI is InChI=1S/C28H44O4S2/c1-16(2)8-7-11-26(6,32)17-9-12-25(5)22(17)18(29)14-20-27(33)13-10-21(31)24(3,4)23(27)19(30)15-28(20,25)34/h8,17,19-20,22-23,30,32-34H,7,9-15H2,1-6H3/t17?,19-,20+,22?,23?,25+,26?,27?,28?/m0/s1. The third kappa shape index (κ3) is 3.63. The molecule has 4 nitrogen and oxygen atoms in total. The molecule has 4 saturated carbocycles. The first-order chi connectivity index (χ1) is 15.5. The summed E-state index contributed by atoms with van der Waals surface area (Å²) in [6.45, 7) is 12.1. The van der Waals surface area contributed by atoms with Crippen LogP contribution in [0, 0.1) is 34.5 Å². The average molecular weight is 509 g/mol. The molecule has 4 fully saturated rings. The molecule has 0 radical (unpaired) electrons. The van der Waals surface area contributed by atoms with Gasteiger partial charge in [-0.15, -0.1) is 0 Å². The summed E-state index contributed by atoms with van der Waals surface area (Å²) in [5, 5.41) is 23.1. The van der Waals surface area contributed by atoms with Crippen molar-refractivity contribution in [2.45, 2.75) is 114 Å². The fourth-order valence-electron chi connectivity index (χ4n) is 8.89. The molecule has 4 aliphatic carbocycles. The van der Waals surface area contributed by atoms with Crippen molar-refractivity contribution in [3.8, 4) is 0 Å². The van der Waals surface area contributed by atoms with Crippen molar-refractivity contribution in [2.24, 2.45) is 34.5 Å². The summed E-state index contributed by atoms with van der Waals surface area (Å²) in [5.74, 6) is -0.423. The minimum Gasteiger partial charge on any atom is -0.393 e. The Morgan fingerprint density at radius 1 is 1.18 bits per heavy atom. The van der Waals surface area contributed by atoms with E-state index in [1.807, 2.05) is 20.8 Å². The number of hydrogen-bond donors (Lipinski definition) is 4. The van der Waals surface area contributed by atoms with Crippen molar-refractivity contribution in [1.82, 2.24) is 0 Å². The normalized spacial score (nSPS) is 47.3.